The number of imidazole rings is 1. The quantitative estimate of drug-likeness (QED) is 0.765. The zero-order chi connectivity index (χ0) is 10.7. The van der Waals surface area contributed by atoms with E-state index in [9.17, 15) is 0 Å². The van der Waals surface area contributed by atoms with E-state index in [2.05, 4.69) is 21.0 Å². The molecule has 0 amide bonds. The number of fused-ring (bicyclic) bond motifs is 1. The minimum Gasteiger partial charge on any atom is -0.382 e. The van der Waals surface area contributed by atoms with E-state index in [1.807, 2.05) is 17.6 Å². The van der Waals surface area contributed by atoms with E-state index in [1.54, 1.807) is 6.33 Å². The highest BCUT2D eigenvalue weighted by Crippen LogP contribution is 2.14. The van der Waals surface area contributed by atoms with Gasteiger partial charge in [0.15, 0.2) is 11.5 Å². The van der Waals surface area contributed by atoms with Gasteiger partial charge in [-0.25, -0.2) is 15.0 Å². The van der Waals surface area contributed by atoms with Crippen LogP contribution in [0.2, 0.25) is 0 Å². The minimum absolute atomic E-state index is 0.435. The summed E-state index contributed by atoms with van der Waals surface area (Å²) >= 11 is 0. The molecule has 2 heterocycles. The number of nitrogens with zero attached hydrogens (tertiary/aromatic N) is 4. The van der Waals surface area contributed by atoms with Crippen molar-refractivity contribution in [2.75, 3.05) is 5.73 Å². The molecule has 2 rings (SSSR count). The summed E-state index contributed by atoms with van der Waals surface area (Å²) in [5.74, 6) is 0.435. The van der Waals surface area contributed by atoms with Crippen molar-refractivity contribution in [2.45, 2.75) is 19.9 Å². The van der Waals surface area contributed by atoms with Crippen molar-refractivity contribution in [3.05, 3.63) is 24.8 Å². The van der Waals surface area contributed by atoms with E-state index < -0.39 is 0 Å². The van der Waals surface area contributed by atoms with Crippen LogP contribution in [0.5, 0.6) is 0 Å². The molecule has 0 saturated heterocycles. The third-order valence-corrected chi connectivity index (χ3v) is 2.20. The fraction of sp³-hybridized carbons (Fsp3) is 0.300. The first-order valence-electron chi connectivity index (χ1n) is 4.85. The van der Waals surface area contributed by atoms with Gasteiger partial charge in [0.05, 0.1) is 6.33 Å². The molecule has 0 fully saturated rings. The Hall–Kier alpha value is -1.91. The van der Waals surface area contributed by atoms with E-state index in [0.29, 0.717) is 11.3 Å². The smallest absolute Gasteiger partial charge is 0.165 e. The maximum Gasteiger partial charge on any atom is 0.165 e. The van der Waals surface area contributed by atoms with Crippen molar-refractivity contribution >= 4 is 17.0 Å². The van der Waals surface area contributed by atoms with Crippen molar-refractivity contribution in [1.29, 1.82) is 0 Å². The first-order chi connectivity index (χ1) is 7.33. The number of anilines is 1. The van der Waals surface area contributed by atoms with E-state index in [0.717, 1.165) is 18.6 Å². The molecule has 2 aromatic rings. The maximum atomic E-state index is 5.68. The Bertz CT molecular complexity index is 486. The van der Waals surface area contributed by atoms with Crippen molar-refractivity contribution in [1.82, 2.24) is 19.5 Å². The van der Waals surface area contributed by atoms with Crippen molar-refractivity contribution in [3.63, 3.8) is 0 Å². The van der Waals surface area contributed by atoms with Crippen LogP contribution in [0.4, 0.5) is 5.82 Å². The largest absolute Gasteiger partial charge is 0.382 e. The Labute approximate surface area is 87.7 Å². The number of aryl methyl sites for hydroxylation is 1. The van der Waals surface area contributed by atoms with E-state index >= 15 is 0 Å². The van der Waals surface area contributed by atoms with Crippen LogP contribution >= 0.6 is 0 Å². The van der Waals surface area contributed by atoms with Crippen LogP contribution < -0.4 is 5.73 Å². The first kappa shape index (κ1) is 9.64. The summed E-state index contributed by atoms with van der Waals surface area (Å²) in [4.78, 5) is 12.2. The zero-order valence-electron chi connectivity index (χ0n) is 8.59. The minimum atomic E-state index is 0.435. The second-order valence-corrected chi connectivity index (χ2v) is 3.23. The second kappa shape index (κ2) is 4.08. The molecule has 5 heteroatoms. The number of aromatic nitrogens is 4. The summed E-state index contributed by atoms with van der Waals surface area (Å²) in [6, 6.07) is 0. The Balaban J connectivity index is 2.32. The lowest BCUT2D eigenvalue weighted by molar-refractivity contribution is 0.723. The Morgan fingerprint density at radius 1 is 1.40 bits per heavy atom. The molecule has 0 atom stereocenters. The van der Waals surface area contributed by atoms with Gasteiger partial charge in [-0.3, -0.25) is 0 Å². The molecule has 0 aliphatic rings. The normalized spacial score (nSPS) is 11.5. The Morgan fingerprint density at radius 2 is 2.27 bits per heavy atom. The van der Waals surface area contributed by atoms with Gasteiger partial charge in [-0.1, -0.05) is 12.2 Å². The number of hydrogen-bond donors (Lipinski definition) is 1. The number of hydrogen-bond acceptors (Lipinski definition) is 4. The summed E-state index contributed by atoms with van der Waals surface area (Å²) in [5.41, 5.74) is 7.16. The highest BCUT2D eigenvalue weighted by molar-refractivity contribution is 5.80. The number of nitrogen functional groups attached to an aromatic ring is 1. The molecule has 0 spiro atoms. The fourth-order valence-corrected chi connectivity index (χ4v) is 1.44. The molecule has 0 aromatic carbocycles. The molecule has 2 N–H and O–H groups in total. The molecule has 2 aromatic heterocycles. The second-order valence-electron chi connectivity index (χ2n) is 3.23. The van der Waals surface area contributed by atoms with Crippen LogP contribution in [-0.4, -0.2) is 19.5 Å². The molecule has 0 unspecified atom stereocenters. The lowest BCUT2D eigenvalue weighted by Gasteiger charge is -2.00. The zero-order valence-corrected chi connectivity index (χ0v) is 8.59. The average Bonchev–Trinajstić information content (AvgIpc) is 2.64. The van der Waals surface area contributed by atoms with Crippen LogP contribution in [0.3, 0.4) is 0 Å². The Morgan fingerprint density at radius 3 is 3.07 bits per heavy atom. The lowest BCUT2D eigenvalue weighted by atomic mass is 10.4. The molecular formula is C10H13N5. The van der Waals surface area contributed by atoms with E-state index in [-0.39, 0.29) is 0 Å². The maximum absolute atomic E-state index is 5.68. The molecular weight excluding hydrogens is 190 g/mol. The third-order valence-electron chi connectivity index (χ3n) is 2.20. The summed E-state index contributed by atoms with van der Waals surface area (Å²) in [6.45, 7) is 2.86. The third kappa shape index (κ3) is 1.81. The topological polar surface area (TPSA) is 69.6 Å². The fourth-order valence-electron chi connectivity index (χ4n) is 1.44. The molecule has 5 nitrogen and oxygen atoms in total. The van der Waals surface area contributed by atoms with Gasteiger partial charge in [-0.05, 0) is 13.3 Å². The monoisotopic (exact) mass is 203 g/mol. The summed E-state index contributed by atoms with van der Waals surface area (Å²) < 4.78 is 1.98. The van der Waals surface area contributed by atoms with Crippen molar-refractivity contribution in [2.24, 2.45) is 0 Å². The van der Waals surface area contributed by atoms with Crippen LogP contribution in [0, 0.1) is 0 Å². The van der Waals surface area contributed by atoms with Gasteiger partial charge < -0.3 is 10.3 Å². The lowest BCUT2D eigenvalue weighted by Crippen LogP contribution is -1.98. The van der Waals surface area contributed by atoms with Gasteiger partial charge >= 0.3 is 0 Å². The van der Waals surface area contributed by atoms with Crippen molar-refractivity contribution in [3.8, 4) is 0 Å². The van der Waals surface area contributed by atoms with Gasteiger partial charge in [-0.2, -0.15) is 0 Å². The molecule has 0 saturated carbocycles. The van der Waals surface area contributed by atoms with Crippen LogP contribution in [0.25, 0.3) is 11.2 Å². The van der Waals surface area contributed by atoms with Gasteiger partial charge in [0, 0.05) is 6.54 Å². The predicted molar refractivity (Wildman–Crippen MR) is 59.2 cm³/mol. The van der Waals surface area contributed by atoms with Gasteiger partial charge in [-0.15, -0.1) is 0 Å². The highest BCUT2D eigenvalue weighted by atomic mass is 15.1. The van der Waals surface area contributed by atoms with Gasteiger partial charge in [0.2, 0.25) is 0 Å². The van der Waals surface area contributed by atoms with Crippen LogP contribution in [0.1, 0.15) is 13.3 Å². The molecule has 0 bridgehead atoms. The van der Waals surface area contributed by atoms with Crippen molar-refractivity contribution < 1.29 is 0 Å². The van der Waals surface area contributed by atoms with Crippen LogP contribution in [-0.2, 0) is 6.54 Å². The summed E-state index contributed by atoms with van der Waals surface area (Å²) in [6.07, 6.45) is 8.31. The molecule has 0 aliphatic heterocycles. The average molecular weight is 203 g/mol. The summed E-state index contributed by atoms with van der Waals surface area (Å²) in [5, 5.41) is 0. The number of rotatable bonds is 3. The Kier molecular flexibility index (Phi) is 2.62. The summed E-state index contributed by atoms with van der Waals surface area (Å²) in [7, 11) is 0. The van der Waals surface area contributed by atoms with Gasteiger partial charge in [0.1, 0.15) is 11.8 Å². The first-order valence-corrected chi connectivity index (χ1v) is 4.85. The number of allylic oxidation sites excluding steroid dienone is 2. The van der Waals surface area contributed by atoms with Gasteiger partial charge in [0.25, 0.3) is 0 Å². The molecule has 78 valence electrons. The molecule has 0 aliphatic carbocycles. The highest BCUT2D eigenvalue weighted by Gasteiger charge is 2.06. The van der Waals surface area contributed by atoms with E-state index in [1.165, 1.54) is 6.33 Å². The molecule has 0 radical (unpaired) electrons. The van der Waals surface area contributed by atoms with Crippen LogP contribution in [0.15, 0.2) is 24.8 Å². The predicted octanol–water partition coefficient (Wildman–Crippen LogP) is 1.37. The van der Waals surface area contributed by atoms with E-state index in [4.69, 9.17) is 5.73 Å². The molecule has 15 heavy (non-hydrogen) atoms. The number of nitrogens with two attached hydrogens (primary N) is 1. The standard InChI is InChI=1S/C10H13N5/c1-2-3-4-5-15-7-14-8-9(11)12-6-13-10(8)15/h2-3,6-7H,4-5H2,1H3,(H2,11,12,13)/b3-2-. The SMILES string of the molecule is C/C=C\CCn1cnc2c(N)ncnc21.